The minimum absolute atomic E-state index is 0.0172. The van der Waals surface area contributed by atoms with Gasteiger partial charge in [0, 0.05) is 18.9 Å². The molecule has 0 saturated carbocycles. The second-order valence-electron chi connectivity index (χ2n) is 6.41. The molecule has 0 fully saturated rings. The van der Waals surface area contributed by atoms with E-state index in [4.69, 9.17) is 4.74 Å². The van der Waals surface area contributed by atoms with Crippen molar-refractivity contribution in [3.63, 3.8) is 0 Å². The topological polar surface area (TPSA) is 105 Å². The molecule has 9 nitrogen and oxygen atoms in total. The normalized spacial score (nSPS) is 11.4. The Balaban J connectivity index is 1.84. The van der Waals surface area contributed by atoms with Crippen LogP contribution in [0.2, 0.25) is 0 Å². The number of hydrogen-bond acceptors (Lipinski definition) is 6. The molecule has 30 heavy (non-hydrogen) atoms. The van der Waals surface area contributed by atoms with Gasteiger partial charge in [-0.25, -0.2) is 13.5 Å². The van der Waals surface area contributed by atoms with E-state index in [9.17, 15) is 18.4 Å². The van der Waals surface area contributed by atoms with E-state index in [-0.39, 0.29) is 18.1 Å². The number of benzene rings is 2. The fourth-order valence-corrected chi connectivity index (χ4v) is 4.12. The van der Waals surface area contributed by atoms with Crippen molar-refractivity contribution in [3.05, 3.63) is 78.6 Å². The fraction of sp³-hybridized carbons (Fsp3) is 0.200. The molecule has 0 aliphatic heterocycles. The highest BCUT2D eigenvalue weighted by Crippen LogP contribution is 2.21. The first kappa shape index (κ1) is 21.5. The summed E-state index contributed by atoms with van der Waals surface area (Å²) in [6.07, 6.45) is 3.08. The number of hydroxylamine groups is 2. The van der Waals surface area contributed by atoms with E-state index >= 15 is 0 Å². The van der Waals surface area contributed by atoms with Gasteiger partial charge in [0.2, 0.25) is 10.0 Å². The molecule has 0 unspecified atom stereocenters. The summed E-state index contributed by atoms with van der Waals surface area (Å²) in [6.45, 7) is -0.787. The highest BCUT2D eigenvalue weighted by molar-refractivity contribution is 7.89. The molecule has 0 bridgehead atoms. The number of aromatic nitrogens is 2. The number of hydrogen-bond donors (Lipinski definition) is 1. The summed E-state index contributed by atoms with van der Waals surface area (Å²) in [5, 5.41) is 14.5. The number of nitrogens with zero attached hydrogens (tertiary/aromatic N) is 4. The van der Waals surface area contributed by atoms with Crippen LogP contribution in [0.5, 0.6) is 5.75 Å². The smallest absolute Gasteiger partial charge is 0.263 e. The van der Waals surface area contributed by atoms with Crippen molar-refractivity contribution in [2.24, 2.45) is 0 Å². The maximum atomic E-state index is 13.2. The van der Waals surface area contributed by atoms with E-state index in [1.807, 2.05) is 6.07 Å². The van der Waals surface area contributed by atoms with Gasteiger partial charge in [-0.05, 0) is 35.9 Å². The molecule has 3 aromatic rings. The van der Waals surface area contributed by atoms with Crippen LogP contribution in [0.15, 0.2) is 78.0 Å². The van der Waals surface area contributed by atoms with Crippen molar-refractivity contribution in [1.82, 2.24) is 19.1 Å². The van der Waals surface area contributed by atoms with Gasteiger partial charge >= 0.3 is 0 Å². The van der Waals surface area contributed by atoms with Gasteiger partial charge < -0.3 is 4.74 Å². The van der Waals surface area contributed by atoms with Gasteiger partial charge in [-0.1, -0.05) is 30.3 Å². The van der Waals surface area contributed by atoms with E-state index < -0.39 is 22.5 Å². The third kappa shape index (κ3) is 5.23. The molecule has 3 rings (SSSR count). The number of methoxy groups -OCH3 is 1. The Labute approximate surface area is 174 Å². The number of rotatable bonds is 9. The first-order chi connectivity index (χ1) is 14.4. The van der Waals surface area contributed by atoms with Gasteiger partial charge in [-0.15, -0.1) is 0 Å². The monoisotopic (exact) mass is 430 g/mol. The Morgan fingerprint density at radius 2 is 1.80 bits per heavy atom. The number of carbonyl (C=O) groups excluding carboxylic acids is 1. The van der Waals surface area contributed by atoms with Crippen LogP contribution in [0.3, 0.4) is 0 Å². The van der Waals surface area contributed by atoms with Crippen LogP contribution in [-0.4, -0.2) is 52.3 Å². The Morgan fingerprint density at radius 1 is 1.10 bits per heavy atom. The van der Waals surface area contributed by atoms with Crippen LogP contribution in [0.25, 0.3) is 0 Å². The third-order valence-corrected chi connectivity index (χ3v) is 6.14. The molecule has 0 saturated heterocycles. The van der Waals surface area contributed by atoms with Crippen LogP contribution in [0.4, 0.5) is 0 Å². The van der Waals surface area contributed by atoms with Gasteiger partial charge in [0.1, 0.15) is 12.4 Å². The fourth-order valence-electron chi connectivity index (χ4n) is 2.74. The number of ether oxygens (including phenoxy) is 1. The van der Waals surface area contributed by atoms with Gasteiger partial charge in [0.05, 0.1) is 18.6 Å². The molecule has 0 atom stereocenters. The number of carbonyl (C=O) groups is 1. The minimum atomic E-state index is -4.02. The Kier molecular flexibility index (Phi) is 6.83. The third-order valence-electron chi connectivity index (χ3n) is 4.34. The summed E-state index contributed by atoms with van der Waals surface area (Å²) in [7, 11) is -2.53. The van der Waals surface area contributed by atoms with E-state index in [1.165, 1.54) is 42.3 Å². The first-order valence-corrected chi connectivity index (χ1v) is 10.5. The van der Waals surface area contributed by atoms with Gasteiger partial charge in [-0.2, -0.15) is 9.40 Å². The average Bonchev–Trinajstić information content (AvgIpc) is 3.27. The second-order valence-corrected chi connectivity index (χ2v) is 8.35. The highest BCUT2D eigenvalue weighted by atomic mass is 32.2. The lowest BCUT2D eigenvalue weighted by molar-refractivity contribution is -0.173. The van der Waals surface area contributed by atoms with Gasteiger partial charge in [0.15, 0.2) is 0 Å². The number of amides is 1. The molecule has 0 aliphatic carbocycles. The summed E-state index contributed by atoms with van der Waals surface area (Å²) < 4.78 is 33.9. The molecule has 10 heteroatoms. The molecule has 0 radical (unpaired) electrons. The van der Waals surface area contributed by atoms with Crippen LogP contribution in [-0.2, 0) is 28.0 Å². The lowest BCUT2D eigenvalue weighted by atomic mass is 10.2. The zero-order valence-electron chi connectivity index (χ0n) is 16.3. The maximum Gasteiger partial charge on any atom is 0.263 e. The molecule has 0 aliphatic rings. The predicted molar refractivity (Wildman–Crippen MR) is 108 cm³/mol. The lowest BCUT2D eigenvalue weighted by Crippen LogP contribution is -2.42. The van der Waals surface area contributed by atoms with Crippen LogP contribution < -0.4 is 4.74 Å². The lowest BCUT2D eigenvalue weighted by Gasteiger charge is -2.24. The highest BCUT2D eigenvalue weighted by Gasteiger charge is 2.28. The molecular formula is C20H22N4O5S. The summed E-state index contributed by atoms with van der Waals surface area (Å²) in [6, 6.07) is 16.5. The average molecular weight is 430 g/mol. The molecule has 1 heterocycles. The van der Waals surface area contributed by atoms with E-state index in [0.717, 1.165) is 4.31 Å². The standard InChI is InChI=1S/C20H22N4O5S/c1-29-18-8-10-19(11-9-18)30(27,28)23(14-17-6-3-2-4-7-17)15-20(25)24(26)16-22-13-5-12-21-22/h2-13,26H,14-16H2,1H3. The largest absolute Gasteiger partial charge is 0.497 e. The van der Waals surface area contributed by atoms with Crippen LogP contribution >= 0.6 is 0 Å². The maximum absolute atomic E-state index is 13.2. The molecule has 0 spiro atoms. The summed E-state index contributed by atoms with van der Waals surface area (Å²) >= 11 is 0. The molecule has 1 amide bonds. The van der Waals surface area contributed by atoms with Crippen molar-refractivity contribution < 1.29 is 23.2 Å². The van der Waals surface area contributed by atoms with E-state index in [2.05, 4.69) is 5.10 Å². The van der Waals surface area contributed by atoms with Crippen molar-refractivity contribution in [3.8, 4) is 5.75 Å². The molecule has 1 aromatic heterocycles. The Bertz CT molecular complexity index is 1050. The summed E-state index contributed by atoms with van der Waals surface area (Å²) in [5.74, 6) is -0.265. The van der Waals surface area contributed by atoms with Gasteiger partial charge in [0.25, 0.3) is 5.91 Å². The van der Waals surface area contributed by atoms with Crippen molar-refractivity contribution in [2.45, 2.75) is 18.1 Å². The van der Waals surface area contributed by atoms with E-state index in [1.54, 1.807) is 36.5 Å². The Morgan fingerprint density at radius 3 is 2.40 bits per heavy atom. The zero-order valence-corrected chi connectivity index (χ0v) is 17.1. The molecule has 158 valence electrons. The number of sulfonamides is 1. The summed E-state index contributed by atoms with van der Waals surface area (Å²) in [5.41, 5.74) is 0.707. The van der Waals surface area contributed by atoms with Gasteiger partial charge in [-0.3, -0.25) is 14.7 Å². The predicted octanol–water partition coefficient (Wildman–Crippen LogP) is 1.96. The van der Waals surface area contributed by atoms with Crippen LogP contribution in [0, 0.1) is 0 Å². The quantitative estimate of drug-likeness (QED) is 0.411. The Hall–Kier alpha value is -3.21. The van der Waals surface area contributed by atoms with Crippen molar-refractivity contribution >= 4 is 15.9 Å². The molecular weight excluding hydrogens is 408 g/mol. The molecule has 1 N–H and O–H groups in total. The molecule has 2 aromatic carbocycles. The van der Waals surface area contributed by atoms with E-state index in [0.29, 0.717) is 16.4 Å². The SMILES string of the molecule is COc1ccc(S(=O)(=O)N(CC(=O)N(O)Cn2cccn2)Cc2ccccc2)cc1. The minimum Gasteiger partial charge on any atom is -0.497 e. The van der Waals surface area contributed by atoms with Crippen molar-refractivity contribution in [1.29, 1.82) is 0 Å². The van der Waals surface area contributed by atoms with Crippen molar-refractivity contribution in [2.75, 3.05) is 13.7 Å². The first-order valence-electron chi connectivity index (χ1n) is 9.05. The zero-order chi connectivity index (χ0) is 21.6. The van der Waals surface area contributed by atoms with Crippen LogP contribution in [0.1, 0.15) is 5.56 Å². The summed E-state index contributed by atoms with van der Waals surface area (Å²) in [4.78, 5) is 12.6. The second kappa shape index (κ2) is 9.53.